The van der Waals surface area contributed by atoms with Crippen LogP contribution in [0, 0.1) is 0 Å². The van der Waals surface area contributed by atoms with Gasteiger partial charge in [0.2, 0.25) is 0 Å². The van der Waals surface area contributed by atoms with Crippen molar-refractivity contribution in [2.75, 3.05) is 33.9 Å². The van der Waals surface area contributed by atoms with Crippen LogP contribution in [0.5, 0.6) is 17.2 Å². The van der Waals surface area contributed by atoms with Gasteiger partial charge in [-0.15, -0.1) is 0 Å². The minimum Gasteiger partial charge on any atom is -0.497 e. The summed E-state index contributed by atoms with van der Waals surface area (Å²) in [5.74, 6) is 2.24. The third kappa shape index (κ3) is 4.69. The molecule has 0 amide bonds. The second-order valence-electron chi connectivity index (χ2n) is 5.31. The van der Waals surface area contributed by atoms with Gasteiger partial charge in [-0.2, -0.15) is 0 Å². The first-order valence-electron chi connectivity index (χ1n) is 7.61. The second kappa shape index (κ2) is 8.53. The molecule has 2 aromatic carbocycles. The first kappa shape index (κ1) is 17.3. The number of methoxy groups -OCH3 is 1. The third-order valence-electron chi connectivity index (χ3n) is 3.75. The van der Waals surface area contributed by atoms with E-state index in [0.29, 0.717) is 13.1 Å². The molecule has 1 unspecified atom stereocenters. The van der Waals surface area contributed by atoms with Crippen LogP contribution < -0.4 is 15.2 Å². The molecule has 124 valence electrons. The molecule has 0 radical (unpaired) electrons. The number of nitrogens with two attached hydrogens (primary N) is 1. The summed E-state index contributed by atoms with van der Waals surface area (Å²) in [5.41, 5.74) is 6.96. The lowest BCUT2D eigenvalue weighted by molar-refractivity contribution is 0.183. The molecule has 2 rings (SSSR count). The van der Waals surface area contributed by atoms with Crippen LogP contribution in [0.3, 0.4) is 0 Å². The Balaban J connectivity index is 2.09. The zero-order valence-corrected chi connectivity index (χ0v) is 13.6. The van der Waals surface area contributed by atoms with Gasteiger partial charge >= 0.3 is 0 Å². The van der Waals surface area contributed by atoms with E-state index in [9.17, 15) is 0 Å². The van der Waals surface area contributed by atoms with Crippen LogP contribution in [0.4, 0.5) is 0 Å². The lowest BCUT2D eigenvalue weighted by atomic mass is 10.1. The fourth-order valence-electron chi connectivity index (χ4n) is 2.44. The minimum atomic E-state index is 0.0769. The maximum atomic E-state index is 9.07. The molecule has 5 heteroatoms. The van der Waals surface area contributed by atoms with Crippen molar-refractivity contribution in [3.63, 3.8) is 0 Å². The zero-order valence-electron chi connectivity index (χ0n) is 13.6. The molecule has 0 saturated heterocycles. The summed E-state index contributed by atoms with van der Waals surface area (Å²) in [4.78, 5) is 2.04. The second-order valence-corrected chi connectivity index (χ2v) is 5.31. The van der Waals surface area contributed by atoms with E-state index in [-0.39, 0.29) is 12.6 Å². The lowest BCUT2D eigenvalue weighted by Crippen LogP contribution is -2.32. The Morgan fingerprint density at radius 3 is 2.39 bits per heavy atom. The van der Waals surface area contributed by atoms with Gasteiger partial charge in [0.05, 0.1) is 13.7 Å². The molecule has 0 spiro atoms. The van der Waals surface area contributed by atoms with Crippen LogP contribution in [0.2, 0.25) is 0 Å². The van der Waals surface area contributed by atoms with Crippen molar-refractivity contribution < 1.29 is 14.6 Å². The number of aliphatic hydroxyl groups excluding tert-OH is 1. The maximum Gasteiger partial charge on any atom is 0.131 e. The summed E-state index contributed by atoms with van der Waals surface area (Å²) in [6, 6.07) is 15.4. The van der Waals surface area contributed by atoms with Gasteiger partial charge in [0.25, 0.3) is 0 Å². The normalized spacial score (nSPS) is 12.2. The predicted molar refractivity (Wildman–Crippen MR) is 91.0 cm³/mol. The molecule has 0 saturated carbocycles. The zero-order chi connectivity index (χ0) is 16.7. The third-order valence-corrected chi connectivity index (χ3v) is 3.75. The molecule has 0 fully saturated rings. The van der Waals surface area contributed by atoms with Crippen LogP contribution in [-0.2, 0) is 0 Å². The van der Waals surface area contributed by atoms with Crippen molar-refractivity contribution >= 4 is 0 Å². The van der Waals surface area contributed by atoms with E-state index < -0.39 is 0 Å². The Bertz CT molecular complexity index is 601. The van der Waals surface area contributed by atoms with Crippen LogP contribution in [0.1, 0.15) is 11.6 Å². The van der Waals surface area contributed by atoms with E-state index in [4.69, 9.17) is 20.3 Å². The first-order chi connectivity index (χ1) is 11.2. The van der Waals surface area contributed by atoms with Crippen molar-refractivity contribution in [1.82, 2.24) is 4.90 Å². The van der Waals surface area contributed by atoms with E-state index >= 15 is 0 Å². The molecule has 0 aromatic heterocycles. The van der Waals surface area contributed by atoms with Crippen molar-refractivity contribution in [1.29, 1.82) is 0 Å². The maximum absolute atomic E-state index is 9.07. The van der Waals surface area contributed by atoms with Gasteiger partial charge in [0, 0.05) is 25.2 Å². The van der Waals surface area contributed by atoms with Crippen molar-refractivity contribution in [3.05, 3.63) is 54.1 Å². The van der Waals surface area contributed by atoms with Gasteiger partial charge in [0.15, 0.2) is 0 Å². The van der Waals surface area contributed by atoms with E-state index in [1.54, 1.807) is 7.11 Å². The Hall–Kier alpha value is -2.08. The highest BCUT2D eigenvalue weighted by Gasteiger charge is 2.14. The fourth-order valence-corrected chi connectivity index (χ4v) is 2.44. The molecule has 0 heterocycles. The Morgan fingerprint density at radius 2 is 1.78 bits per heavy atom. The number of likely N-dealkylation sites (N-methyl/N-ethyl adjacent to an activating group) is 1. The number of aliphatic hydroxyl groups is 1. The average Bonchev–Trinajstić information content (AvgIpc) is 2.57. The molecule has 0 aliphatic heterocycles. The summed E-state index contributed by atoms with van der Waals surface area (Å²) in [6.07, 6.45) is 0. The van der Waals surface area contributed by atoms with Crippen LogP contribution in [-0.4, -0.2) is 43.9 Å². The van der Waals surface area contributed by atoms with Gasteiger partial charge in [0.1, 0.15) is 17.2 Å². The molecular formula is C18H24N2O3. The Morgan fingerprint density at radius 1 is 1.09 bits per heavy atom. The molecule has 0 bridgehead atoms. The molecule has 1 atom stereocenters. The quantitative estimate of drug-likeness (QED) is 0.783. The minimum absolute atomic E-state index is 0.0769. The molecule has 5 nitrogen and oxygen atoms in total. The largest absolute Gasteiger partial charge is 0.497 e. The van der Waals surface area contributed by atoms with E-state index in [2.05, 4.69) is 0 Å². The highest BCUT2D eigenvalue weighted by Crippen LogP contribution is 2.27. The molecule has 2 aromatic rings. The lowest BCUT2D eigenvalue weighted by Gasteiger charge is -2.26. The van der Waals surface area contributed by atoms with Crippen molar-refractivity contribution in [2.45, 2.75) is 6.04 Å². The number of hydrogen-bond donors (Lipinski definition) is 2. The first-order valence-corrected chi connectivity index (χ1v) is 7.61. The number of nitrogens with zero attached hydrogens (tertiary/aromatic N) is 1. The number of hydrogen-bond acceptors (Lipinski definition) is 5. The standard InChI is InChI=1S/C18H24N2O3/c1-20(10-11-21)18(13-19)14-6-8-15(9-7-14)23-17-5-3-4-16(12-17)22-2/h3-9,12,18,21H,10-11,13,19H2,1-2H3. The van der Waals surface area contributed by atoms with Crippen molar-refractivity contribution in [3.8, 4) is 17.2 Å². The molecule has 0 aliphatic carbocycles. The molecule has 3 N–H and O–H groups in total. The summed E-state index contributed by atoms with van der Waals surface area (Å²) < 4.78 is 11.0. The molecule has 23 heavy (non-hydrogen) atoms. The molecular weight excluding hydrogens is 292 g/mol. The van der Waals surface area contributed by atoms with Gasteiger partial charge in [-0.3, -0.25) is 4.90 Å². The van der Waals surface area contributed by atoms with Gasteiger partial charge in [-0.25, -0.2) is 0 Å². The summed E-state index contributed by atoms with van der Waals surface area (Å²) >= 11 is 0. The van der Waals surface area contributed by atoms with Crippen molar-refractivity contribution in [2.24, 2.45) is 5.73 Å². The average molecular weight is 316 g/mol. The monoisotopic (exact) mass is 316 g/mol. The predicted octanol–water partition coefficient (Wildman–Crippen LogP) is 2.41. The summed E-state index contributed by atoms with van der Waals surface area (Å²) in [7, 11) is 3.58. The highest BCUT2D eigenvalue weighted by atomic mass is 16.5. The molecule has 0 aliphatic rings. The van der Waals surface area contributed by atoms with Crippen LogP contribution in [0.15, 0.2) is 48.5 Å². The number of rotatable bonds is 8. The van der Waals surface area contributed by atoms with E-state index in [1.807, 2.05) is 60.5 Å². The smallest absolute Gasteiger partial charge is 0.131 e. The van der Waals surface area contributed by atoms with Crippen LogP contribution >= 0.6 is 0 Å². The van der Waals surface area contributed by atoms with Gasteiger partial charge < -0.3 is 20.3 Å². The Kier molecular flexibility index (Phi) is 6.40. The fraction of sp³-hybridized carbons (Fsp3) is 0.333. The van der Waals surface area contributed by atoms with E-state index in [1.165, 1.54) is 0 Å². The Labute approximate surface area is 137 Å². The van der Waals surface area contributed by atoms with Crippen LogP contribution in [0.25, 0.3) is 0 Å². The number of benzene rings is 2. The number of ether oxygens (including phenoxy) is 2. The summed E-state index contributed by atoms with van der Waals surface area (Å²) in [6.45, 7) is 1.19. The SMILES string of the molecule is COc1cccc(Oc2ccc(C(CN)N(C)CCO)cc2)c1. The van der Waals surface area contributed by atoms with Gasteiger partial charge in [-0.05, 0) is 36.9 Å². The highest BCUT2D eigenvalue weighted by molar-refractivity contribution is 5.38. The van der Waals surface area contributed by atoms with E-state index in [0.717, 1.165) is 22.8 Å². The topological polar surface area (TPSA) is 68.0 Å². The van der Waals surface area contributed by atoms with Gasteiger partial charge in [-0.1, -0.05) is 18.2 Å². The summed E-state index contributed by atoms with van der Waals surface area (Å²) in [5, 5.41) is 9.07.